The van der Waals surface area contributed by atoms with Crippen LogP contribution in [0.2, 0.25) is 0 Å². The summed E-state index contributed by atoms with van der Waals surface area (Å²) in [7, 11) is 0. The van der Waals surface area contributed by atoms with Crippen LogP contribution in [-0.2, 0) is 6.61 Å². The fourth-order valence-electron chi connectivity index (χ4n) is 1.86. The summed E-state index contributed by atoms with van der Waals surface area (Å²) in [5.41, 5.74) is 1.63. The van der Waals surface area contributed by atoms with E-state index in [-0.39, 0.29) is 12.4 Å². The van der Waals surface area contributed by atoms with E-state index in [9.17, 15) is 9.18 Å². The fourth-order valence-corrected chi connectivity index (χ4v) is 1.86. The fraction of sp³-hybridized carbons (Fsp3) is 0.125. The summed E-state index contributed by atoms with van der Waals surface area (Å²) in [6, 6.07) is 12.6. The third-order valence-corrected chi connectivity index (χ3v) is 2.88. The topological polar surface area (TPSA) is 50.1 Å². The van der Waals surface area contributed by atoms with Crippen LogP contribution in [0.3, 0.4) is 0 Å². The molecule has 0 amide bonds. The maximum absolute atomic E-state index is 13.0. The minimum Gasteiger partial charge on any atom is -0.489 e. The van der Waals surface area contributed by atoms with Crippen molar-refractivity contribution in [1.82, 2.24) is 0 Å². The first-order chi connectivity index (χ1) is 9.61. The Labute approximate surface area is 116 Å². The molecule has 2 aromatic carbocycles. The van der Waals surface area contributed by atoms with Crippen molar-refractivity contribution in [2.24, 2.45) is 0 Å². The van der Waals surface area contributed by atoms with E-state index in [4.69, 9.17) is 10.00 Å². The normalized spacial score (nSPS) is 9.85. The predicted molar refractivity (Wildman–Crippen MR) is 71.9 cm³/mol. The number of carbonyl (C=O) groups excluding carboxylic acids is 1. The van der Waals surface area contributed by atoms with Crippen molar-refractivity contribution in [1.29, 1.82) is 5.26 Å². The predicted octanol–water partition coefficient (Wildman–Crippen LogP) is 3.42. The second-order valence-corrected chi connectivity index (χ2v) is 4.30. The van der Waals surface area contributed by atoms with E-state index in [0.717, 1.165) is 0 Å². The van der Waals surface area contributed by atoms with E-state index >= 15 is 0 Å². The minimum absolute atomic E-state index is 0.149. The number of ketones is 1. The molecule has 3 nitrogen and oxygen atoms in total. The zero-order valence-corrected chi connectivity index (χ0v) is 10.9. The lowest BCUT2D eigenvalue weighted by atomic mass is 10.1. The lowest BCUT2D eigenvalue weighted by molar-refractivity contribution is 0.105. The molecule has 0 fully saturated rings. The Hall–Kier alpha value is -2.67. The number of hydrogen-bond donors (Lipinski definition) is 0. The lowest BCUT2D eigenvalue weighted by Gasteiger charge is -2.10. The number of nitrogens with zero attached hydrogens (tertiary/aromatic N) is 1. The molecule has 0 heterocycles. The van der Waals surface area contributed by atoms with Gasteiger partial charge in [0.05, 0.1) is 0 Å². The average molecular weight is 269 g/mol. The van der Waals surface area contributed by atoms with Gasteiger partial charge in [-0.3, -0.25) is 4.79 Å². The molecular weight excluding hydrogens is 257 g/mol. The number of nitriles is 1. The minimum atomic E-state index is -0.597. The van der Waals surface area contributed by atoms with Crippen LogP contribution in [0.5, 0.6) is 5.75 Å². The van der Waals surface area contributed by atoms with Crippen LogP contribution in [-0.4, -0.2) is 5.78 Å². The van der Waals surface area contributed by atoms with Crippen LogP contribution in [0.25, 0.3) is 0 Å². The molecule has 2 aromatic rings. The van der Waals surface area contributed by atoms with Crippen molar-refractivity contribution in [3.63, 3.8) is 0 Å². The zero-order chi connectivity index (χ0) is 14.5. The summed E-state index contributed by atoms with van der Waals surface area (Å²) < 4.78 is 18.6. The number of rotatable bonds is 4. The summed E-state index contributed by atoms with van der Waals surface area (Å²) in [5.74, 6) is -0.374. The third-order valence-electron chi connectivity index (χ3n) is 2.88. The molecule has 2 rings (SSSR count). The molecular formula is C16H12FNO2. The quantitative estimate of drug-likeness (QED) is 0.631. The smallest absolute Gasteiger partial charge is 0.262 e. The molecule has 0 radical (unpaired) electrons. The summed E-state index contributed by atoms with van der Waals surface area (Å²) in [4.78, 5) is 11.5. The van der Waals surface area contributed by atoms with Gasteiger partial charge in [-0.15, -0.1) is 0 Å². The van der Waals surface area contributed by atoms with E-state index in [2.05, 4.69) is 0 Å². The van der Waals surface area contributed by atoms with Crippen LogP contribution in [0.1, 0.15) is 21.5 Å². The Bertz CT molecular complexity index is 689. The number of ether oxygens (including phenoxy) is 1. The van der Waals surface area contributed by atoms with E-state index in [1.165, 1.54) is 12.1 Å². The second-order valence-electron chi connectivity index (χ2n) is 4.30. The van der Waals surface area contributed by atoms with E-state index in [1.54, 1.807) is 43.3 Å². The van der Waals surface area contributed by atoms with Crippen molar-refractivity contribution in [2.45, 2.75) is 13.5 Å². The molecule has 20 heavy (non-hydrogen) atoms. The Morgan fingerprint density at radius 2 is 2.05 bits per heavy atom. The highest BCUT2D eigenvalue weighted by Crippen LogP contribution is 2.20. The molecule has 0 aliphatic carbocycles. The molecule has 0 aromatic heterocycles. The number of carbonyl (C=O) groups is 1. The molecule has 0 bridgehead atoms. The van der Waals surface area contributed by atoms with Gasteiger partial charge >= 0.3 is 0 Å². The van der Waals surface area contributed by atoms with Crippen molar-refractivity contribution in [2.75, 3.05) is 0 Å². The molecule has 0 spiro atoms. The summed E-state index contributed by atoms with van der Waals surface area (Å²) >= 11 is 0. The summed E-state index contributed by atoms with van der Waals surface area (Å²) in [5, 5.41) is 8.69. The molecule has 0 aliphatic rings. The van der Waals surface area contributed by atoms with Gasteiger partial charge in [0.25, 0.3) is 5.78 Å². The van der Waals surface area contributed by atoms with Gasteiger partial charge in [-0.2, -0.15) is 5.26 Å². The molecule has 0 saturated heterocycles. The maximum atomic E-state index is 13.0. The van der Waals surface area contributed by atoms with Gasteiger partial charge < -0.3 is 4.74 Å². The number of Topliss-reactive ketones (excluding diaryl/α,β-unsaturated/α-hetero) is 1. The van der Waals surface area contributed by atoms with Gasteiger partial charge in [0.1, 0.15) is 24.2 Å². The molecule has 0 aliphatic heterocycles. The molecule has 0 unspecified atom stereocenters. The second kappa shape index (κ2) is 5.98. The van der Waals surface area contributed by atoms with Crippen LogP contribution in [0, 0.1) is 24.1 Å². The Morgan fingerprint density at radius 3 is 2.75 bits per heavy atom. The molecule has 100 valence electrons. The third kappa shape index (κ3) is 3.01. The van der Waals surface area contributed by atoms with Crippen LogP contribution >= 0.6 is 0 Å². The van der Waals surface area contributed by atoms with Gasteiger partial charge in [-0.05, 0) is 36.8 Å². The number of halogens is 1. The van der Waals surface area contributed by atoms with Crippen molar-refractivity contribution < 1.29 is 13.9 Å². The van der Waals surface area contributed by atoms with Crippen molar-refractivity contribution in [3.05, 3.63) is 65.0 Å². The van der Waals surface area contributed by atoms with Crippen molar-refractivity contribution in [3.8, 4) is 11.8 Å². The Morgan fingerprint density at radius 1 is 1.30 bits per heavy atom. The highest BCUT2D eigenvalue weighted by Gasteiger charge is 2.11. The summed E-state index contributed by atoms with van der Waals surface area (Å²) in [6.07, 6.45) is 0. The first kappa shape index (κ1) is 13.8. The van der Waals surface area contributed by atoms with E-state index in [0.29, 0.717) is 22.4 Å². The van der Waals surface area contributed by atoms with Gasteiger partial charge in [-0.25, -0.2) is 4.39 Å². The van der Waals surface area contributed by atoms with Gasteiger partial charge in [0.15, 0.2) is 0 Å². The number of benzene rings is 2. The van der Waals surface area contributed by atoms with Crippen molar-refractivity contribution >= 4 is 5.78 Å². The van der Waals surface area contributed by atoms with E-state index in [1.807, 2.05) is 0 Å². The average Bonchev–Trinajstić information content (AvgIpc) is 2.46. The number of hydrogen-bond acceptors (Lipinski definition) is 3. The molecule has 0 atom stereocenters. The van der Waals surface area contributed by atoms with Gasteiger partial charge in [0, 0.05) is 11.1 Å². The van der Waals surface area contributed by atoms with Gasteiger partial charge in [-0.1, -0.05) is 18.2 Å². The van der Waals surface area contributed by atoms with Gasteiger partial charge in [0.2, 0.25) is 0 Å². The maximum Gasteiger partial charge on any atom is 0.262 e. The first-order valence-electron chi connectivity index (χ1n) is 6.03. The Kier molecular flexibility index (Phi) is 4.11. The summed E-state index contributed by atoms with van der Waals surface area (Å²) in [6.45, 7) is 1.89. The standard InChI is InChI=1S/C16H12FNO2/c1-11-8-13(17)6-7-16(11)20-10-12-4-2-3-5-14(12)15(19)9-18/h2-8H,10H2,1H3. The van der Waals surface area contributed by atoms with Crippen LogP contribution in [0.15, 0.2) is 42.5 Å². The molecule has 0 saturated carbocycles. The monoisotopic (exact) mass is 269 g/mol. The van der Waals surface area contributed by atoms with Crippen LogP contribution in [0.4, 0.5) is 4.39 Å². The number of aryl methyl sites for hydroxylation is 1. The molecule has 0 N–H and O–H groups in total. The van der Waals surface area contributed by atoms with Crippen LogP contribution < -0.4 is 4.74 Å². The molecule has 4 heteroatoms. The highest BCUT2D eigenvalue weighted by atomic mass is 19.1. The lowest BCUT2D eigenvalue weighted by Crippen LogP contribution is -2.05. The largest absolute Gasteiger partial charge is 0.489 e. The zero-order valence-electron chi connectivity index (χ0n) is 10.9. The Balaban J connectivity index is 2.19. The highest BCUT2D eigenvalue weighted by molar-refractivity contribution is 6.08. The SMILES string of the molecule is Cc1cc(F)ccc1OCc1ccccc1C(=O)C#N. The van der Waals surface area contributed by atoms with E-state index < -0.39 is 5.78 Å². The first-order valence-corrected chi connectivity index (χ1v) is 6.03.